The number of nitrogens with two attached hydrogens (primary N) is 1. The number of aromatic amines is 1. The normalized spacial score (nSPS) is 15.8. The average molecular weight is 453 g/mol. The summed E-state index contributed by atoms with van der Waals surface area (Å²) >= 11 is 0. The fraction of sp³-hybridized carbons (Fsp3) is 0.667. The van der Waals surface area contributed by atoms with Crippen LogP contribution < -0.4 is 21.7 Å². The molecule has 1 rings (SSSR count). The Hall–Kier alpha value is -2.95. The maximum absolute atomic E-state index is 13.0. The van der Waals surface area contributed by atoms with E-state index in [1.807, 2.05) is 20.8 Å². The summed E-state index contributed by atoms with van der Waals surface area (Å²) in [7, 11) is 0. The van der Waals surface area contributed by atoms with Crippen LogP contribution in [0.3, 0.4) is 0 Å². The van der Waals surface area contributed by atoms with E-state index in [2.05, 4.69) is 25.9 Å². The Morgan fingerprint density at radius 2 is 1.72 bits per heavy atom. The number of aromatic nitrogens is 2. The van der Waals surface area contributed by atoms with Gasteiger partial charge in [0.25, 0.3) is 0 Å². The maximum atomic E-state index is 13.0. The summed E-state index contributed by atoms with van der Waals surface area (Å²) in [5.41, 5.74) is 6.67. The Morgan fingerprint density at radius 3 is 2.22 bits per heavy atom. The molecule has 0 fully saturated rings. The van der Waals surface area contributed by atoms with E-state index < -0.39 is 47.9 Å². The number of aliphatic carboxylic acids is 1. The van der Waals surface area contributed by atoms with Gasteiger partial charge in [-0.1, -0.05) is 34.1 Å². The number of imidazole rings is 1. The zero-order valence-corrected chi connectivity index (χ0v) is 19.3. The molecule has 0 aliphatic heterocycles. The summed E-state index contributed by atoms with van der Waals surface area (Å²) in [6.07, 6.45) is 4.21. The summed E-state index contributed by atoms with van der Waals surface area (Å²) in [5, 5.41) is 16.8. The van der Waals surface area contributed by atoms with Crippen LogP contribution in [0, 0.1) is 11.8 Å². The molecule has 5 atom stereocenters. The molecule has 1 aromatic rings. The van der Waals surface area contributed by atoms with Gasteiger partial charge in [0.05, 0.1) is 12.4 Å². The van der Waals surface area contributed by atoms with Crippen molar-refractivity contribution in [1.82, 2.24) is 25.9 Å². The van der Waals surface area contributed by atoms with Gasteiger partial charge in [-0.25, -0.2) is 4.98 Å². The Bertz CT molecular complexity index is 767. The molecule has 32 heavy (non-hydrogen) atoms. The number of hydrogen-bond acceptors (Lipinski definition) is 6. The monoisotopic (exact) mass is 452 g/mol. The van der Waals surface area contributed by atoms with Crippen molar-refractivity contribution in [3.8, 4) is 0 Å². The average Bonchev–Trinajstić information content (AvgIpc) is 3.22. The first-order valence-electron chi connectivity index (χ1n) is 10.8. The summed E-state index contributed by atoms with van der Waals surface area (Å²) < 4.78 is 0. The SMILES string of the molecule is CCC(C)C(NC(=O)C(CC(C)C)NC(=O)C(N)Cc1cnc[nH]1)C(=O)NC(C)C(=O)O. The third-order valence-corrected chi connectivity index (χ3v) is 5.19. The first-order valence-corrected chi connectivity index (χ1v) is 10.8. The lowest BCUT2D eigenvalue weighted by Crippen LogP contribution is -2.58. The minimum atomic E-state index is -1.18. The van der Waals surface area contributed by atoms with E-state index in [9.17, 15) is 19.2 Å². The van der Waals surface area contributed by atoms with Crippen LogP contribution in [0.1, 0.15) is 53.2 Å². The lowest BCUT2D eigenvalue weighted by molar-refractivity contribution is -0.142. The summed E-state index contributed by atoms with van der Waals surface area (Å²) in [5.74, 6) is -2.96. The van der Waals surface area contributed by atoms with Gasteiger partial charge in [0.1, 0.15) is 18.1 Å². The summed E-state index contributed by atoms with van der Waals surface area (Å²) in [6, 6.07) is -3.83. The van der Waals surface area contributed by atoms with Crippen molar-refractivity contribution < 1.29 is 24.3 Å². The molecule has 0 saturated carbocycles. The predicted octanol–water partition coefficient (Wildman–Crippen LogP) is -0.0694. The Labute approximate surface area is 188 Å². The molecular formula is C21H36N6O5. The Morgan fingerprint density at radius 1 is 1.06 bits per heavy atom. The highest BCUT2D eigenvalue weighted by Gasteiger charge is 2.32. The van der Waals surface area contributed by atoms with Crippen LogP contribution in [-0.4, -0.2) is 62.9 Å². The number of carboxylic acid groups (broad SMARTS) is 1. The molecule has 1 aromatic heterocycles. The van der Waals surface area contributed by atoms with Gasteiger partial charge in [0.2, 0.25) is 17.7 Å². The fourth-order valence-electron chi connectivity index (χ4n) is 3.03. The number of hydrogen-bond donors (Lipinski definition) is 6. The van der Waals surface area contributed by atoms with E-state index in [0.717, 1.165) is 0 Å². The molecule has 0 aliphatic rings. The van der Waals surface area contributed by atoms with E-state index in [0.29, 0.717) is 18.5 Å². The van der Waals surface area contributed by atoms with Crippen molar-refractivity contribution in [3.05, 3.63) is 18.2 Å². The molecule has 0 bridgehead atoms. The van der Waals surface area contributed by atoms with E-state index in [1.54, 1.807) is 13.1 Å². The van der Waals surface area contributed by atoms with Gasteiger partial charge in [-0.2, -0.15) is 0 Å². The number of carbonyl (C=O) groups excluding carboxylic acids is 3. The molecule has 11 nitrogen and oxygen atoms in total. The lowest BCUT2D eigenvalue weighted by atomic mass is 9.96. The number of nitrogens with zero attached hydrogens (tertiary/aromatic N) is 1. The quantitative estimate of drug-likeness (QED) is 0.242. The van der Waals surface area contributed by atoms with Gasteiger partial charge in [0.15, 0.2) is 0 Å². The highest BCUT2D eigenvalue weighted by molar-refractivity contribution is 5.94. The lowest BCUT2D eigenvalue weighted by Gasteiger charge is -2.28. The van der Waals surface area contributed by atoms with E-state index in [4.69, 9.17) is 10.8 Å². The smallest absolute Gasteiger partial charge is 0.325 e. The van der Waals surface area contributed by atoms with Crippen LogP contribution in [0.15, 0.2) is 12.5 Å². The summed E-state index contributed by atoms with van der Waals surface area (Å²) in [6.45, 7) is 8.80. The standard InChI is InChI=1S/C21H36N6O5/c1-6-12(4)17(20(30)25-13(5)21(31)32)27-19(29)16(7-11(2)3)26-18(28)15(22)8-14-9-23-10-24-14/h9-13,15-17H,6-8,22H2,1-5H3,(H,23,24)(H,25,30)(H,26,28)(H,27,29)(H,31,32). The van der Waals surface area contributed by atoms with Crippen LogP contribution in [0.5, 0.6) is 0 Å². The first kappa shape index (κ1) is 27.1. The van der Waals surface area contributed by atoms with Crippen LogP contribution in [0.4, 0.5) is 0 Å². The number of carbonyl (C=O) groups is 4. The van der Waals surface area contributed by atoms with Crippen molar-refractivity contribution in [2.75, 3.05) is 0 Å². The molecule has 1 heterocycles. The maximum Gasteiger partial charge on any atom is 0.325 e. The molecule has 180 valence electrons. The number of nitrogens with one attached hydrogen (secondary N) is 4. The zero-order chi connectivity index (χ0) is 24.4. The number of H-pyrrole nitrogens is 1. The van der Waals surface area contributed by atoms with Crippen LogP contribution in [-0.2, 0) is 25.6 Å². The van der Waals surface area contributed by atoms with Crippen LogP contribution >= 0.6 is 0 Å². The van der Waals surface area contributed by atoms with Gasteiger partial charge in [-0.3, -0.25) is 19.2 Å². The van der Waals surface area contributed by atoms with Gasteiger partial charge < -0.3 is 31.8 Å². The van der Waals surface area contributed by atoms with Gasteiger partial charge in [-0.05, 0) is 25.2 Å². The first-order chi connectivity index (χ1) is 15.0. The Balaban J connectivity index is 2.91. The van der Waals surface area contributed by atoms with Crippen molar-refractivity contribution >= 4 is 23.7 Å². The third kappa shape index (κ3) is 8.66. The van der Waals surface area contributed by atoms with Crippen LogP contribution in [0.2, 0.25) is 0 Å². The van der Waals surface area contributed by atoms with E-state index in [-0.39, 0.29) is 18.3 Å². The molecule has 5 unspecified atom stereocenters. The number of carboxylic acids is 1. The molecule has 0 spiro atoms. The molecule has 0 saturated heterocycles. The minimum absolute atomic E-state index is 0.0813. The van der Waals surface area contributed by atoms with Crippen molar-refractivity contribution in [1.29, 1.82) is 0 Å². The molecular weight excluding hydrogens is 416 g/mol. The van der Waals surface area contributed by atoms with Gasteiger partial charge in [-0.15, -0.1) is 0 Å². The molecule has 7 N–H and O–H groups in total. The Kier molecular flexibility index (Phi) is 10.8. The molecule has 0 aromatic carbocycles. The van der Waals surface area contributed by atoms with Crippen molar-refractivity contribution in [2.24, 2.45) is 17.6 Å². The van der Waals surface area contributed by atoms with Gasteiger partial charge in [0, 0.05) is 18.3 Å². The van der Waals surface area contributed by atoms with E-state index >= 15 is 0 Å². The van der Waals surface area contributed by atoms with Gasteiger partial charge >= 0.3 is 5.97 Å². The molecule has 3 amide bonds. The summed E-state index contributed by atoms with van der Waals surface area (Å²) in [4.78, 5) is 56.1. The molecule has 0 radical (unpaired) electrons. The second kappa shape index (κ2) is 12.8. The largest absolute Gasteiger partial charge is 0.480 e. The van der Waals surface area contributed by atoms with E-state index in [1.165, 1.54) is 13.3 Å². The highest BCUT2D eigenvalue weighted by atomic mass is 16.4. The highest BCUT2D eigenvalue weighted by Crippen LogP contribution is 2.11. The second-order valence-corrected chi connectivity index (χ2v) is 8.52. The minimum Gasteiger partial charge on any atom is -0.480 e. The third-order valence-electron chi connectivity index (χ3n) is 5.19. The topological polar surface area (TPSA) is 179 Å². The molecule has 0 aliphatic carbocycles. The zero-order valence-electron chi connectivity index (χ0n) is 19.3. The molecule has 11 heteroatoms. The van der Waals surface area contributed by atoms with Crippen LogP contribution in [0.25, 0.3) is 0 Å². The fourth-order valence-corrected chi connectivity index (χ4v) is 3.03. The van der Waals surface area contributed by atoms with Crippen molar-refractivity contribution in [2.45, 2.75) is 78.0 Å². The number of rotatable bonds is 13. The predicted molar refractivity (Wildman–Crippen MR) is 118 cm³/mol. The van der Waals surface area contributed by atoms with Crippen molar-refractivity contribution in [3.63, 3.8) is 0 Å². The number of amides is 3. The second-order valence-electron chi connectivity index (χ2n) is 8.52.